The number of nitrogens with one attached hydrogen (secondary N) is 1. The summed E-state index contributed by atoms with van der Waals surface area (Å²) in [5.41, 5.74) is 0.501. The highest BCUT2D eigenvalue weighted by Crippen LogP contribution is 2.36. The van der Waals surface area contributed by atoms with Gasteiger partial charge in [0.05, 0.1) is 31.9 Å². The van der Waals surface area contributed by atoms with Crippen molar-refractivity contribution in [3.05, 3.63) is 66.1 Å². The maximum atomic E-state index is 15.0. The van der Waals surface area contributed by atoms with Crippen LogP contribution in [0, 0.1) is 11.6 Å². The molecule has 3 heterocycles. The molecule has 1 amide bonds. The summed E-state index contributed by atoms with van der Waals surface area (Å²) in [5.74, 6) is -2.73. The Balaban J connectivity index is 1.63. The highest BCUT2D eigenvalue weighted by molar-refractivity contribution is 6.06. The van der Waals surface area contributed by atoms with Crippen LogP contribution in [0.4, 0.5) is 14.5 Å². The van der Waals surface area contributed by atoms with Crippen LogP contribution in [0.5, 0.6) is 28.9 Å². The van der Waals surface area contributed by atoms with E-state index in [2.05, 4.69) is 20.3 Å². The lowest BCUT2D eigenvalue weighted by atomic mass is 10.2. The fourth-order valence-electron chi connectivity index (χ4n) is 3.55. The number of fused-ring (bicyclic) bond motifs is 1. The molecule has 0 bridgehead atoms. The normalized spacial score (nSPS) is 11.6. The number of ether oxygens (including phenoxy) is 5. The van der Waals surface area contributed by atoms with Crippen LogP contribution in [-0.4, -0.2) is 54.9 Å². The third-order valence-corrected chi connectivity index (χ3v) is 5.26. The average Bonchev–Trinajstić information content (AvgIpc) is 2.90. The summed E-state index contributed by atoms with van der Waals surface area (Å²) in [5, 5.41) is 2.43. The molecule has 0 aliphatic rings. The van der Waals surface area contributed by atoms with Gasteiger partial charge < -0.3 is 29.0 Å². The van der Waals surface area contributed by atoms with E-state index in [1.165, 1.54) is 52.1 Å². The largest absolute Gasteiger partial charge is 0.496 e. The number of carbonyl (C=O) groups excluding carboxylic acids is 1. The smallest absolute Gasteiger partial charge is 0.261 e. The Morgan fingerprint density at radius 3 is 2.39 bits per heavy atom. The Bertz CT molecular complexity index is 1450. The first-order valence-electron chi connectivity index (χ1n) is 11.3. The first kappa shape index (κ1) is 26.5. The molecular formula is C26H24F2N4O6. The summed E-state index contributed by atoms with van der Waals surface area (Å²) in [6.07, 6.45) is 3.77. The summed E-state index contributed by atoms with van der Waals surface area (Å²) in [7, 11) is 4.38. The van der Waals surface area contributed by atoms with E-state index in [1.54, 1.807) is 13.0 Å². The fourth-order valence-corrected chi connectivity index (χ4v) is 3.55. The van der Waals surface area contributed by atoms with Gasteiger partial charge in [0.25, 0.3) is 11.8 Å². The van der Waals surface area contributed by atoms with Crippen molar-refractivity contribution >= 4 is 22.6 Å². The zero-order valence-corrected chi connectivity index (χ0v) is 21.0. The maximum Gasteiger partial charge on any atom is 0.261 e. The molecule has 0 radical (unpaired) electrons. The van der Waals surface area contributed by atoms with Crippen molar-refractivity contribution in [1.82, 2.24) is 15.0 Å². The third kappa shape index (κ3) is 5.70. The minimum Gasteiger partial charge on any atom is -0.496 e. The van der Waals surface area contributed by atoms with E-state index < -0.39 is 23.3 Å². The van der Waals surface area contributed by atoms with E-state index in [1.807, 2.05) is 0 Å². The molecule has 0 spiro atoms. The van der Waals surface area contributed by atoms with E-state index in [4.69, 9.17) is 23.7 Å². The van der Waals surface area contributed by atoms with Gasteiger partial charge in [-0.3, -0.25) is 14.8 Å². The first-order valence-corrected chi connectivity index (χ1v) is 11.3. The number of anilines is 1. The first-order chi connectivity index (χ1) is 18.3. The summed E-state index contributed by atoms with van der Waals surface area (Å²) in [6.45, 7) is 2.08. The number of hydrogen-bond donors (Lipinski definition) is 1. The Morgan fingerprint density at radius 1 is 1.00 bits per heavy atom. The van der Waals surface area contributed by atoms with Crippen LogP contribution in [-0.2, 0) is 4.74 Å². The number of benzene rings is 1. The van der Waals surface area contributed by atoms with Gasteiger partial charge in [-0.15, -0.1) is 0 Å². The number of halogens is 2. The van der Waals surface area contributed by atoms with Gasteiger partial charge in [0.2, 0.25) is 0 Å². The van der Waals surface area contributed by atoms with E-state index in [9.17, 15) is 4.79 Å². The maximum absolute atomic E-state index is 15.0. The molecule has 1 aromatic carbocycles. The molecule has 3 aromatic heterocycles. The Kier molecular flexibility index (Phi) is 8.12. The van der Waals surface area contributed by atoms with Crippen LogP contribution < -0.4 is 24.3 Å². The summed E-state index contributed by atoms with van der Waals surface area (Å²) < 4.78 is 57.0. The number of hydrogen-bond acceptors (Lipinski definition) is 9. The molecule has 0 saturated heterocycles. The molecule has 38 heavy (non-hydrogen) atoms. The van der Waals surface area contributed by atoms with Crippen LogP contribution >= 0.6 is 0 Å². The lowest BCUT2D eigenvalue weighted by molar-refractivity contribution is 0.0869. The number of methoxy groups -OCH3 is 3. The van der Waals surface area contributed by atoms with Crippen LogP contribution in [0.3, 0.4) is 0 Å². The molecule has 198 valence electrons. The van der Waals surface area contributed by atoms with Gasteiger partial charge in [-0.1, -0.05) is 0 Å². The quantitative estimate of drug-likeness (QED) is 0.312. The van der Waals surface area contributed by atoms with Gasteiger partial charge in [0.1, 0.15) is 17.4 Å². The van der Waals surface area contributed by atoms with E-state index in [-0.39, 0.29) is 40.3 Å². The van der Waals surface area contributed by atoms with E-state index >= 15 is 8.78 Å². The topological polar surface area (TPSA) is 114 Å². The summed E-state index contributed by atoms with van der Waals surface area (Å²) in [4.78, 5) is 25.1. The van der Waals surface area contributed by atoms with Gasteiger partial charge in [-0.2, -0.15) is 0 Å². The fraction of sp³-hybridized carbons (Fsp3) is 0.231. The van der Waals surface area contributed by atoms with Crippen molar-refractivity contribution in [3.8, 4) is 28.9 Å². The summed E-state index contributed by atoms with van der Waals surface area (Å²) >= 11 is 0. The number of rotatable bonds is 10. The molecule has 1 unspecified atom stereocenters. The lowest BCUT2D eigenvalue weighted by Gasteiger charge is -2.17. The SMILES string of the molecule is COCC(C)Oc1nc2c(Oc3c(F)cc(NC(=O)c4cnccc4OC)cc3F)ccnc2cc1OC. The number of aromatic nitrogens is 3. The van der Waals surface area contributed by atoms with Gasteiger partial charge in [0.15, 0.2) is 28.9 Å². The third-order valence-electron chi connectivity index (χ3n) is 5.26. The highest BCUT2D eigenvalue weighted by Gasteiger charge is 2.20. The van der Waals surface area contributed by atoms with Crippen molar-refractivity contribution in [3.63, 3.8) is 0 Å². The Morgan fingerprint density at radius 2 is 1.71 bits per heavy atom. The lowest BCUT2D eigenvalue weighted by Crippen LogP contribution is -2.19. The minimum absolute atomic E-state index is 0.0246. The zero-order valence-electron chi connectivity index (χ0n) is 21.0. The van der Waals surface area contributed by atoms with Crippen molar-refractivity contribution < 1.29 is 37.3 Å². The van der Waals surface area contributed by atoms with Crippen LogP contribution in [0.25, 0.3) is 11.0 Å². The number of carbonyl (C=O) groups is 1. The molecule has 0 aliphatic heterocycles. The Hall–Kier alpha value is -4.58. The molecule has 10 nitrogen and oxygen atoms in total. The van der Waals surface area contributed by atoms with Crippen LogP contribution in [0.2, 0.25) is 0 Å². The molecule has 4 aromatic rings. The van der Waals surface area contributed by atoms with Crippen molar-refractivity contribution in [2.24, 2.45) is 0 Å². The second-order valence-electron chi connectivity index (χ2n) is 7.96. The molecule has 1 atom stereocenters. The van der Waals surface area contributed by atoms with Gasteiger partial charge >= 0.3 is 0 Å². The van der Waals surface area contributed by atoms with Gasteiger partial charge in [-0.05, 0) is 13.0 Å². The van der Waals surface area contributed by atoms with Crippen LogP contribution in [0.15, 0.2) is 48.9 Å². The van der Waals surface area contributed by atoms with E-state index in [0.717, 1.165) is 12.1 Å². The minimum atomic E-state index is -1.05. The predicted octanol–water partition coefficient (Wildman–Crippen LogP) is 4.78. The molecule has 1 N–H and O–H groups in total. The predicted molar refractivity (Wildman–Crippen MR) is 133 cm³/mol. The zero-order chi connectivity index (χ0) is 27.2. The summed E-state index contributed by atoms with van der Waals surface area (Å²) in [6, 6.07) is 6.33. The van der Waals surface area contributed by atoms with Gasteiger partial charge in [0, 0.05) is 55.7 Å². The second-order valence-corrected chi connectivity index (χ2v) is 7.96. The molecule has 4 rings (SSSR count). The van der Waals surface area contributed by atoms with Crippen molar-refractivity contribution in [1.29, 1.82) is 0 Å². The monoisotopic (exact) mass is 526 g/mol. The Labute approximate surface area is 216 Å². The molecule has 0 saturated carbocycles. The van der Waals surface area contributed by atoms with Crippen molar-refractivity contribution in [2.45, 2.75) is 13.0 Å². The second kappa shape index (κ2) is 11.6. The molecule has 12 heteroatoms. The number of amides is 1. The highest BCUT2D eigenvalue weighted by atomic mass is 19.1. The standard InChI is InChI=1S/C26H24F2N4O6/c1-14(13-34-2)37-26-22(36-4)11-19-23(32-26)21(6-8-30-19)38-24-17(27)9-15(10-18(24)28)31-25(33)16-12-29-7-5-20(16)35-3/h5-12,14H,13H2,1-4H3,(H,31,33). The average molecular weight is 526 g/mol. The van der Waals surface area contributed by atoms with Crippen molar-refractivity contribution in [2.75, 3.05) is 33.3 Å². The molecule has 0 fully saturated rings. The van der Waals surface area contributed by atoms with E-state index in [0.29, 0.717) is 17.9 Å². The van der Waals surface area contributed by atoms with Crippen LogP contribution in [0.1, 0.15) is 17.3 Å². The number of pyridine rings is 3. The van der Waals surface area contributed by atoms with Gasteiger partial charge in [-0.25, -0.2) is 13.8 Å². The molecular weight excluding hydrogens is 502 g/mol. The molecule has 0 aliphatic carbocycles. The number of nitrogens with zero attached hydrogens (tertiary/aromatic N) is 3.